The lowest BCUT2D eigenvalue weighted by molar-refractivity contribution is -0.166. The number of carbonyl (C=O) groups excluding carboxylic acids is 1. The van der Waals surface area contributed by atoms with Gasteiger partial charge < -0.3 is 5.73 Å². The maximum Gasteiger partial charge on any atom is 0.251 e. The predicted molar refractivity (Wildman–Crippen MR) is 91.1 cm³/mol. The summed E-state index contributed by atoms with van der Waals surface area (Å²) in [7, 11) is 0. The molecule has 5 heteroatoms. The highest BCUT2D eigenvalue weighted by Gasteiger charge is 2.12. The van der Waals surface area contributed by atoms with Crippen LogP contribution in [-0.4, -0.2) is 21.9 Å². The quantitative estimate of drug-likeness (QED) is 0.372. The zero-order chi connectivity index (χ0) is 16.7. The van der Waals surface area contributed by atoms with E-state index in [1.165, 1.54) is 0 Å². The second-order valence-corrected chi connectivity index (χ2v) is 5.36. The molecule has 0 spiro atoms. The number of amides is 1. The van der Waals surface area contributed by atoms with E-state index >= 15 is 0 Å². The minimum Gasteiger partial charge on any atom is -0.398 e. The Labute approximate surface area is 136 Å². The zero-order valence-corrected chi connectivity index (χ0v) is 13.1. The zero-order valence-electron chi connectivity index (χ0n) is 13.1. The van der Waals surface area contributed by atoms with Crippen molar-refractivity contribution in [3.63, 3.8) is 0 Å². The number of aliphatic imine (C=N–C) groups is 1. The van der Waals surface area contributed by atoms with E-state index in [1.807, 2.05) is 54.6 Å². The van der Waals surface area contributed by atoms with Gasteiger partial charge >= 0.3 is 0 Å². The van der Waals surface area contributed by atoms with Gasteiger partial charge in [0.2, 0.25) is 0 Å². The minimum absolute atomic E-state index is 0.0794. The second kappa shape index (κ2) is 8.10. The van der Waals surface area contributed by atoms with Gasteiger partial charge in [0, 0.05) is 11.4 Å². The molecule has 120 valence electrons. The Morgan fingerprint density at radius 1 is 1.13 bits per heavy atom. The Kier molecular flexibility index (Phi) is 5.88. The van der Waals surface area contributed by atoms with E-state index in [1.54, 1.807) is 6.92 Å². The van der Waals surface area contributed by atoms with E-state index in [0.29, 0.717) is 17.9 Å². The van der Waals surface area contributed by atoms with Gasteiger partial charge in [-0.05, 0) is 24.1 Å². The van der Waals surface area contributed by atoms with E-state index in [2.05, 4.69) is 4.99 Å². The molecule has 2 rings (SSSR count). The van der Waals surface area contributed by atoms with Gasteiger partial charge in [-0.15, -0.1) is 0 Å². The molecule has 0 saturated carbocycles. The smallest absolute Gasteiger partial charge is 0.251 e. The summed E-state index contributed by atoms with van der Waals surface area (Å²) < 4.78 is 0. The molecule has 5 nitrogen and oxygen atoms in total. The Morgan fingerprint density at radius 2 is 1.78 bits per heavy atom. The van der Waals surface area contributed by atoms with Crippen LogP contribution in [0.1, 0.15) is 24.5 Å². The molecule has 0 aliphatic rings. The van der Waals surface area contributed by atoms with Crippen LogP contribution >= 0.6 is 0 Å². The maximum absolute atomic E-state index is 12.0. The molecule has 0 aliphatic carbocycles. The number of hydrogen-bond donors (Lipinski definition) is 2. The fourth-order valence-corrected chi connectivity index (χ4v) is 2.11. The molecule has 0 atom stereocenters. The molecule has 0 aromatic heterocycles. The molecule has 0 radical (unpaired) electrons. The third-order valence-electron chi connectivity index (χ3n) is 3.44. The van der Waals surface area contributed by atoms with Crippen molar-refractivity contribution in [1.82, 2.24) is 5.06 Å². The van der Waals surface area contributed by atoms with E-state index in [-0.39, 0.29) is 18.9 Å². The molecule has 0 bridgehead atoms. The first-order chi connectivity index (χ1) is 11.1. The van der Waals surface area contributed by atoms with Gasteiger partial charge in [0.15, 0.2) is 0 Å². The Hall–Kier alpha value is -2.66. The molecular formula is C18H21N3O2. The average Bonchev–Trinajstić information content (AvgIpc) is 2.55. The third-order valence-corrected chi connectivity index (χ3v) is 3.44. The molecule has 2 aromatic carbocycles. The highest BCUT2D eigenvalue weighted by Crippen LogP contribution is 2.12. The number of hydrogen-bond acceptors (Lipinski definition) is 4. The number of anilines is 1. The van der Waals surface area contributed by atoms with Crippen molar-refractivity contribution in [2.75, 3.05) is 5.73 Å². The number of hydroxylamine groups is 2. The Balaban J connectivity index is 1.88. The summed E-state index contributed by atoms with van der Waals surface area (Å²) in [4.78, 5) is 16.4. The van der Waals surface area contributed by atoms with Crippen LogP contribution in [0, 0.1) is 0 Å². The molecule has 23 heavy (non-hydrogen) atoms. The van der Waals surface area contributed by atoms with Crippen molar-refractivity contribution in [2.24, 2.45) is 4.99 Å². The average molecular weight is 311 g/mol. The van der Waals surface area contributed by atoms with Crippen LogP contribution in [-0.2, 0) is 17.9 Å². The van der Waals surface area contributed by atoms with E-state index in [4.69, 9.17) is 5.73 Å². The minimum atomic E-state index is -0.379. The lowest BCUT2D eigenvalue weighted by Crippen LogP contribution is -2.28. The summed E-state index contributed by atoms with van der Waals surface area (Å²) in [5, 5.41) is 10.6. The number of para-hydroxylation sites is 1. The van der Waals surface area contributed by atoms with Crippen molar-refractivity contribution >= 4 is 17.3 Å². The normalized spacial score (nSPS) is 11.3. The first-order valence-electron chi connectivity index (χ1n) is 7.42. The monoisotopic (exact) mass is 311 g/mol. The Morgan fingerprint density at radius 3 is 2.48 bits per heavy atom. The fraction of sp³-hybridized carbons (Fsp3) is 0.222. The van der Waals surface area contributed by atoms with Crippen molar-refractivity contribution < 1.29 is 10.0 Å². The van der Waals surface area contributed by atoms with Crippen LogP contribution in [0.3, 0.4) is 0 Å². The first-order valence-corrected chi connectivity index (χ1v) is 7.42. The third kappa shape index (κ3) is 5.23. The van der Waals surface area contributed by atoms with Gasteiger partial charge in [0.25, 0.3) is 5.91 Å². The topological polar surface area (TPSA) is 78.9 Å². The van der Waals surface area contributed by atoms with Crippen LogP contribution in [0.5, 0.6) is 0 Å². The highest BCUT2D eigenvalue weighted by molar-refractivity contribution is 5.99. The lowest BCUT2D eigenvalue weighted by atomic mass is 10.2. The highest BCUT2D eigenvalue weighted by atomic mass is 16.5. The molecule has 3 N–H and O–H groups in total. The first kappa shape index (κ1) is 16.7. The van der Waals surface area contributed by atoms with Gasteiger partial charge in [-0.1, -0.05) is 48.5 Å². The molecule has 0 heterocycles. The van der Waals surface area contributed by atoms with E-state index in [0.717, 1.165) is 16.2 Å². The number of nitrogens with two attached hydrogens (primary N) is 1. The van der Waals surface area contributed by atoms with Gasteiger partial charge in [0.05, 0.1) is 19.5 Å². The summed E-state index contributed by atoms with van der Waals surface area (Å²) >= 11 is 0. The SMILES string of the molecule is CC(CC(=O)N(O)Cc1ccccc1)=NCc1ccccc1N. The van der Waals surface area contributed by atoms with Crippen LogP contribution in [0.4, 0.5) is 5.69 Å². The number of benzene rings is 2. The predicted octanol–water partition coefficient (Wildman–Crippen LogP) is 3.04. The molecule has 0 aliphatic heterocycles. The van der Waals surface area contributed by atoms with E-state index in [9.17, 15) is 10.0 Å². The largest absolute Gasteiger partial charge is 0.398 e. The number of nitrogens with zero attached hydrogens (tertiary/aromatic N) is 2. The summed E-state index contributed by atoms with van der Waals surface area (Å²) in [6.45, 7) is 2.36. The van der Waals surface area contributed by atoms with Crippen LogP contribution in [0.15, 0.2) is 59.6 Å². The molecule has 0 unspecified atom stereocenters. The van der Waals surface area contributed by atoms with Crippen molar-refractivity contribution in [2.45, 2.75) is 26.4 Å². The second-order valence-electron chi connectivity index (χ2n) is 5.36. The summed E-state index contributed by atoms with van der Waals surface area (Å²) in [5.74, 6) is -0.379. The number of nitrogen functional groups attached to an aromatic ring is 1. The molecule has 0 fully saturated rings. The molecule has 0 saturated heterocycles. The Bertz CT molecular complexity index is 684. The lowest BCUT2D eigenvalue weighted by Gasteiger charge is -2.15. The van der Waals surface area contributed by atoms with Crippen molar-refractivity contribution in [3.05, 3.63) is 65.7 Å². The molecule has 2 aromatic rings. The van der Waals surface area contributed by atoms with Crippen LogP contribution in [0.2, 0.25) is 0 Å². The summed E-state index contributed by atoms with van der Waals surface area (Å²) in [6, 6.07) is 16.8. The fourth-order valence-electron chi connectivity index (χ4n) is 2.11. The van der Waals surface area contributed by atoms with Crippen LogP contribution in [0.25, 0.3) is 0 Å². The number of carbonyl (C=O) groups is 1. The number of rotatable bonds is 6. The van der Waals surface area contributed by atoms with Crippen LogP contribution < -0.4 is 5.73 Å². The van der Waals surface area contributed by atoms with Crippen molar-refractivity contribution in [1.29, 1.82) is 0 Å². The van der Waals surface area contributed by atoms with Gasteiger partial charge in [0.1, 0.15) is 0 Å². The van der Waals surface area contributed by atoms with Crippen molar-refractivity contribution in [3.8, 4) is 0 Å². The van der Waals surface area contributed by atoms with E-state index < -0.39 is 0 Å². The summed E-state index contributed by atoms with van der Waals surface area (Å²) in [6.07, 6.45) is 0.0794. The summed E-state index contributed by atoms with van der Waals surface area (Å²) in [5.41, 5.74) is 8.99. The van der Waals surface area contributed by atoms with Gasteiger partial charge in [-0.3, -0.25) is 15.0 Å². The standard InChI is InChI=1S/C18H21N3O2/c1-14(20-12-16-9-5-6-10-17(16)19)11-18(22)21(23)13-15-7-3-2-4-8-15/h2-10,23H,11-13,19H2,1H3. The maximum atomic E-state index is 12.0. The van der Waals surface area contributed by atoms with Gasteiger partial charge in [-0.25, -0.2) is 5.06 Å². The van der Waals surface area contributed by atoms with Gasteiger partial charge in [-0.2, -0.15) is 0 Å². The molecular weight excluding hydrogens is 290 g/mol. The molecule has 1 amide bonds.